The maximum absolute atomic E-state index is 11.7. The Labute approximate surface area is 86.2 Å². The first-order chi connectivity index (χ1) is 5.95. The molecule has 0 spiro atoms. The van der Waals surface area contributed by atoms with Crippen molar-refractivity contribution in [1.82, 2.24) is 4.31 Å². The van der Waals surface area contributed by atoms with Crippen LogP contribution in [0.25, 0.3) is 0 Å². The number of ketones is 1. The second kappa shape index (κ2) is 4.01. The Morgan fingerprint density at radius 3 is 2.46 bits per heavy atom. The highest BCUT2D eigenvalue weighted by molar-refractivity contribution is 7.77. The summed E-state index contributed by atoms with van der Waals surface area (Å²) in [6, 6.07) is 0. The molecule has 0 aromatic rings. The van der Waals surface area contributed by atoms with Crippen molar-refractivity contribution in [2.75, 3.05) is 13.6 Å². The minimum Gasteiger partial charge on any atom is -0.299 e. The van der Waals surface area contributed by atoms with E-state index in [1.54, 1.807) is 0 Å². The van der Waals surface area contributed by atoms with E-state index in [1.165, 1.54) is 0 Å². The highest BCUT2D eigenvalue weighted by Gasteiger charge is 2.51. The normalized spacial score (nSPS) is 32.7. The van der Waals surface area contributed by atoms with E-state index in [0.29, 0.717) is 23.5 Å². The first-order valence-electron chi connectivity index (χ1n) is 4.89. The van der Waals surface area contributed by atoms with Crippen LogP contribution in [-0.4, -0.2) is 23.7 Å². The Kier molecular flexibility index (Phi) is 3.41. The van der Waals surface area contributed by atoms with Gasteiger partial charge in [-0.3, -0.25) is 9.10 Å². The molecule has 2 nitrogen and oxygen atoms in total. The van der Waals surface area contributed by atoms with Crippen LogP contribution in [0.5, 0.6) is 0 Å². The SMILES string of the molecule is CC(C)C(=O)C1C(C)C1CN(C)S. The fourth-order valence-corrected chi connectivity index (χ4v) is 2.17. The zero-order chi connectivity index (χ0) is 10.2. The van der Waals surface area contributed by atoms with Gasteiger partial charge in [-0.25, -0.2) is 0 Å². The van der Waals surface area contributed by atoms with Crippen LogP contribution in [0, 0.1) is 23.7 Å². The quantitative estimate of drug-likeness (QED) is 0.701. The summed E-state index contributed by atoms with van der Waals surface area (Å²) >= 11 is 4.20. The number of hydrogen-bond donors (Lipinski definition) is 1. The first-order valence-corrected chi connectivity index (χ1v) is 5.29. The predicted octanol–water partition coefficient (Wildman–Crippen LogP) is 1.87. The number of hydrogen-bond acceptors (Lipinski definition) is 3. The number of thiol groups is 1. The summed E-state index contributed by atoms with van der Waals surface area (Å²) in [6.45, 7) is 7.05. The van der Waals surface area contributed by atoms with Crippen LogP contribution in [0.1, 0.15) is 20.8 Å². The molecule has 0 saturated heterocycles. The van der Waals surface area contributed by atoms with E-state index in [0.717, 1.165) is 6.54 Å². The van der Waals surface area contributed by atoms with Crippen molar-refractivity contribution in [2.45, 2.75) is 20.8 Å². The third-order valence-electron chi connectivity index (χ3n) is 2.93. The molecule has 1 rings (SSSR count). The van der Waals surface area contributed by atoms with Crippen LogP contribution in [0.3, 0.4) is 0 Å². The van der Waals surface area contributed by atoms with Gasteiger partial charge < -0.3 is 0 Å². The smallest absolute Gasteiger partial charge is 0.139 e. The lowest BCUT2D eigenvalue weighted by Crippen LogP contribution is -2.15. The largest absolute Gasteiger partial charge is 0.299 e. The third kappa shape index (κ3) is 2.47. The number of carbonyl (C=O) groups excluding carboxylic acids is 1. The van der Waals surface area contributed by atoms with E-state index in [4.69, 9.17) is 0 Å². The van der Waals surface area contributed by atoms with Crippen LogP contribution in [-0.2, 0) is 4.79 Å². The molecule has 1 saturated carbocycles. The van der Waals surface area contributed by atoms with Crippen molar-refractivity contribution < 1.29 is 4.79 Å². The second-order valence-electron chi connectivity index (χ2n) is 4.45. The number of carbonyl (C=O) groups is 1. The lowest BCUT2D eigenvalue weighted by molar-refractivity contribution is -0.123. The molecule has 0 bridgehead atoms. The van der Waals surface area contributed by atoms with Gasteiger partial charge in [-0.2, -0.15) is 0 Å². The van der Waals surface area contributed by atoms with Crippen molar-refractivity contribution >= 4 is 18.6 Å². The molecule has 3 atom stereocenters. The Morgan fingerprint density at radius 1 is 1.54 bits per heavy atom. The fraction of sp³-hybridized carbons (Fsp3) is 0.900. The Bertz CT molecular complexity index is 203. The number of nitrogens with zero attached hydrogens (tertiary/aromatic N) is 1. The number of rotatable bonds is 4. The lowest BCUT2D eigenvalue weighted by atomic mass is 10.0. The van der Waals surface area contributed by atoms with Crippen molar-refractivity contribution in [3.8, 4) is 0 Å². The van der Waals surface area contributed by atoms with E-state index in [2.05, 4.69) is 19.7 Å². The molecule has 1 aliphatic carbocycles. The summed E-state index contributed by atoms with van der Waals surface area (Å²) in [5.74, 6) is 2.01. The molecule has 0 aromatic carbocycles. The van der Waals surface area contributed by atoms with Gasteiger partial charge in [-0.15, -0.1) is 0 Å². The van der Waals surface area contributed by atoms with Crippen molar-refractivity contribution in [3.05, 3.63) is 0 Å². The van der Waals surface area contributed by atoms with E-state index in [-0.39, 0.29) is 5.92 Å². The minimum atomic E-state index is 0.183. The summed E-state index contributed by atoms with van der Waals surface area (Å²) in [7, 11) is 1.94. The first kappa shape index (κ1) is 11.1. The van der Waals surface area contributed by atoms with Gasteiger partial charge in [-0.1, -0.05) is 33.6 Å². The van der Waals surface area contributed by atoms with Gasteiger partial charge in [0.25, 0.3) is 0 Å². The van der Waals surface area contributed by atoms with Gasteiger partial charge in [0.15, 0.2) is 0 Å². The van der Waals surface area contributed by atoms with Crippen LogP contribution in [0.4, 0.5) is 0 Å². The maximum atomic E-state index is 11.7. The standard InChI is InChI=1S/C10H19NOS/c1-6(2)10(12)9-7(3)8(9)5-11(4)13/h6-9,13H,5H2,1-4H3. The summed E-state index contributed by atoms with van der Waals surface area (Å²) in [4.78, 5) is 11.7. The lowest BCUT2D eigenvalue weighted by Gasteiger charge is -2.07. The van der Waals surface area contributed by atoms with Gasteiger partial charge >= 0.3 is 0 Å². The molecule has 0 heterocycles. The van der Waals surface area contributed by atoms with Crippen LogP contribution >= 0.6 is 12.8 Å². The molecule has 76 valence electrons. The van der Waals surface area contributed by atoms with Gasteiger partial charge in [0.1, 0.15) is 5.78 Å². The Balaban J connectivity index is 2.44. The molecule has 1 fully saturated rings. The molecule has 13 heavy (non-hydrogen) atoms. The molecule has 0 aromatic heterocycles. The van der Waals surface area contributed by atoms with E-state index >= 15 is 0 Å². The van der Waals surface area contributed by atoms with Crippen molar-refractivity contribution in [1.29, 1.82) is 0 Å². The van der Waals surface area contributed by atoms with Crippen LogP contribution in [0.2, 0.25) is 0 Å². The predicted molar refractivity (Wildman–Crippen MR) is 57.6 cm³/mol. The monoisotopic (exact) mass is 201 g/mol. The molecule has 0 aliphatic heterocycles. The average Bonchev–Trinajstić information content (AvgIpc) is 2.59. The van der Waals surface area contributed by atoms with E-state index < -0.39 is 0 Å². The highest BCUT2D eigenvalue weighted by atomic mass is 32.1. The Hall–Kier alpha value is -0.0200. The van der Waals surface area contributed by atoms with Crippen molar-refractivity contribution in [2.24, 2.45) is 23.7 Å². The molecular formula is C10H19NOS. The van der Waals surface area contributed by atoms with E-state index in [9.17, 15) is 4.79 Å². The molecule has 0 radical (unpaired) electrons. The fourth-order valence-electron chi connectivity index (χ4n) is 1.99. The zero-order valence-corrected chi connectivity index (χ0v) is 9.71. The van der Waals surface area contributed by atoms with Gasteiger partial charge in [-0.05, 0) is 18.9 Å². The average molecular weight is 201 g/mol. The summed E-state index contributed by atoms with van der Waals surface area (Å²) in [6.07, 6.45) is 0. The molecule has 0 amide bonds. The summed E-state index contributed by atoms with van der Waals surface area (Å²) in [5.41, 5.74) is 0. The topological polar surface area (TPSA) is 20.3 Å². The van der Waals surface area contributed by atoms with Gasteiger partial charge in [0, 0.05) is 18.4 Å². The van der Waals surface area contributed by atoms with Gasteiger partial charge in [0.2, 0.25) is 0 Å². The molecule has 0 N–H and O–H groups in total. The zero-order valence-electron chi connectivity index (χ0n) is 8.82. The number of Topliss-reactive ketones (excluding diaryl/α,β-unsaturated/α-hetero) is 1. The second-order valence-corrected chi connectivity index (χ2v) is 5.13. The molecule has 3 unspecified atom stereocenters. The van der Waals surface area contributed by atoms with E-state index in [1.807, 2.05) is 25.2 Å². The minimum absolute atomic E-state index is 0.183. The summed E-state index contributed by atoms with van der Waals surface area (Å²) in [5, 5.41) is 0. The molecule has 3 heteroatoms. The van der Waals surface area contributed by atoms with Gasteiger partial charge in [0.05, 0.1) is 0 Å². The maximum Gasteiger partial charge on any atom is 0.139 e. The summed E-state index contributed by atoms with van der Waals surface area (Å²) < 4.78 is 1.87. The Morgan fingerprint density at radius 2 is 2.08 bits per heavy atom. The van der Waals surface area contributed by atoms with Crippen LogP contribution < -0.4 is 0 Å². The molecular weight excluding hydrogens is 182 g/mol. The van der Waals surface area contributed by atoms with Crippen molar-refractivity contribution in [3.63, 3.8) is 0 Å². The highest BCUT2D eigenvalue weighted by Crippen LogP contribution is 2.48. The molecule has 1 aliphatic rings. The third-order valence-corrected chi connectivity index (χ3v) is 3.10. The van der Waals surface area contributed by atoms with Crippen LogP contribution in [0.15, 0.2) is 0 Å².